The lowest BCUT2D eigenvalue weighted by molar-refractivity contribution is 0.308. The van der Waals surface area contributed by atoms with E-state index < -0.39 is 0 Å². The van der Waals surface area contributed by atoms with Crippen LogP contribution in [-0.2, 0) is 6.54 Å². The van der Waals surface area contributed by atoms with Crippen molar-refractivity contribution < 1.29 is 4.74 Å². The fraction of sp³-hybridized carbons (Fsp3) is 0.211. The Morgan fingerprint density at radius 1 is 1.00 bits per heavy atom. The smallest absolute Gasteiger partial charge is 0.248 e. The van der Waals surface area contributed by atoms with Crippen LogP contribution in [0.1, 0.15) is 12.0 Å². The largest absolute Gasteiger partial charge is 0.494 e. The molecule has 1 heterocycles. The van der Waals surface area contributed by atoms with Gasteiger partial charge in [-0.15, -0.1) is 0 Å². The Balaban J connectivity index is 1.42. The van der Waals surface area contributed by atoms with Crippen molar-refractivity contribution in [2.24, 2.45) is 0 Å². The molecule has 0 saturated carbocycles. The van der Waals surface area contributed by atoms with Gasteiger partial charge in [-0.05, 0) is 42.8 Å². The van der Waals surface area contributed by atoms with Crippen molar-refractivity contribution in [2.45, 2.75) is 13.0 Å². The first-order chi connectivity index (χ1) is 11.3. The second-order valence-corrected chi connectivity index (χ2v) is 5.44. The first-order valence-corrected chi connectivity index (χ1v) is 7.82. The number of ether oxygens (including phenoxy) is 1. The van der Waals surface area contributed by atoms with E-state index in [9.17, 15) is 4.79 Å². The summed E-state index contributed by atoms with van der Waals surface area (Å²) in [6.45, 7) is 2.45. The molecule has 0 aliphatic rings. The second-order valence-electron chi connectivity index (χ2n) is 5.44. The summed E-state index contributed by atoms with van der Waals surface area (Å²) in [5, 5.41) is 4.38. The Morgan fingerprint density at radius 3 is 2.74 bits per heavy atom. The highest BCUT2D eigenvalue weighted by atomic mass is 16.5. The van der Waals surface area contributed by atoms with E-state index in [1.165, 1.54) is 11.6 Å². The number of rotatable bonds is 7. The minimum absolute atomic E-state index is 0.0874. The predicted molar refractivity (Wildman–Crippen MR) is 92.8 cm³/mol. The lowest BCUT2D eigenvalue weighted by Crippen LogP contribution is -2.16. The van der Waals surface area contributed by atoms with Crippen LogP contribution in [0, 0.1) is 0 Å². The van der Waals surface area contributed by atoms with Gasteiger partial charge in [0.15, 0.2) is 0 Å². The van der Waals surface area contributed by atoms with Crippen LogP contribution in [0.3, 0.4) is 0 Å². The molecule has 0 bridgehead atoms. The van der Waals surface area contributed by atoms with Gasteiger partial charge in [0.2, 0.25) is 5.56 Å². The number of hydrogen-bond acceptors (Lipinski definition) is 3. The Hall–Kier alpha value is -2.59. The van der Waals surface area contributed by atoms with E-state index in [2.05, 4.69) is 22.4 Å². The van der Waals surface area contributed by atoms with Crippen LogP contribution in [0.25, 0.3) is 10.9 Å². The Labute approximate surface area is 135 Å². The van der Waals surface area contributed by atoms with Crippen LogP contribution in [0.4, 0.5) is 0 Å². The number of H-pyrrole nitrogens is 1. The van der Waals surface area contributed by atoms with Crippen molar-refractivity contribution in [3.05, 3.63) is 76.6 Å². The standard InChI is InChI=1S/C19H20N2O2/c22-19-10-7-16-13-17(8-9-18(16)21-19)23-12-4-11-20-14-15-5-2-1-3-6-15/h1-3,5-10,13,20H,4,11-12,14H2,(H,21,22). The Bertz CT molecular complexity index is 812. The van der Waals surface area contributed by atoms with Gasteiger partial charge < -0.3 is 15.0 Å². The summed E-state index contributed by atoms with van der Waals surface area (Å²) in [5.74, 6) is 0.826. The Kier molecular flexibility index (Phi) is 5.06. The summed E-state index contributed by atoms with van der Waals surface area (Å²) in [7, 11) is 0. The molecule has 0 radical (unpaired) electrons. The van der Waals surface area contributed by atoms with E-state index in [4.69, 9.17) is 4.74 Å². The number of nitrogens with one attached hydrogen (secondary N) is 2. The van der Waals surface area contributed by atoms with Gasteiger partial charge in [-0.2, -0.15) is 0 Å². The van der Waals surface area contributed by atoms with Crippen LogP contribution in [0.2, 0.25) is 0 Å². The predicted octanol–water partition coefficient (Wildman–Crippen LogP) is 3.09. The van der Waals surface area contributed by atoms with Gasteiger partial charge in [-0.3, -0.25) is 4.79 Å². The molecular formula is C19H20N2O2. The number of fused-ring (bicyclic) bond motifs is 1. The van der Waals surface area contributed by atoms with Gasteiger partial charge in [0, 0.05) is 23.5 Å². The molecule has 0 amide bonds. The SMILES string of the molecule is O=c1ccc2cc(OCCCNCc3ccccc3)ccc2[nH]1. The monoisotopic (exact) mass is 308 g/mol. The van der Waals surface area contributed by atoms with Crippen molar-refractivity contribution in [3.8, 4) is 5.75 Å². The molecule has 0 saturated heterocycles. The summed E-state index contributed by atoms with van der Waals surface area (Å²) in [5.41, 5.74) is 2.03. The van der Waals surface area contributed by atoms with Gasteiger partial charge in [0.1, 0.15) is 5.75 Å². The molecular weight excluding hydrogens is 288 g/mol. The molecule has 4 nitrogen and oxygen atoms in total. The fourth-order valence-electron chi connectivity index (χ4n) is 2.44. The summed E-state index contributed by atoms with van der Waals surface area (Å²) >= 11 is 0. The van der Waals surface area contributed by atoms with E-state index in [1.807, 2.05) is 42.5 Å². The average Bonchev–Trinajstić information content (AvgIpc) is 2.59. The minimum atomic E-state index is -0.0874. The number of aromatic amines is 1. The molecule has 0 atom stereocenters. The molecule has 118 valence electrons. The van der Waals surface area contributed by atoms with E-state index in [-0.39, 0.29) is 5.56 Å². The maximum absolute atomic E-state index is 11.2. The van der Waals surface area contributed by atoms with Gasteiger partial charge >= 0.3 is 0 Å². The molecule has 0 unspecified atom stereocenters. The first-order valence-electron chi connectivity index (χ1n) is 7.82. The fourth-order valence-corrected chi connectivity index (χ4v) is 2.44. The summed E-state index contributed by atoms with van der Waals surface area (Å²) in [6.07, 6.45) is 0.941. The van der Waals surface area contributed by atoms with Crippen LogP contribution in [0.5, 0.6) is 5.75 Å². The minimum Gasteiger partial charge on any atom is -0.494 e. The maximum Gasteiger partial charge on any atom is 0.248 e. The van der Waals surface area contributed by atoms with Crippen molar-refractivity contribution in [1.29, 1.82) is 0 Å². The van der Waals surface area contributed by atoms with Gasteiger partial charge in [0.25, 0.3) is 0 Å². The lowest BCUT2D eigenvalue weighted by Gasteiger charge is -2.08. The zero-order valence-corrected chi connectivity index (χ0v) is 12.9. The van der Waals surface area contributed by atoms with E-state index in [0.717, 1.165) is 36.2 Å². The van der Waals surface area contributed by atoms with Crippen molar-refractivity contribution in [3.63, 3.8) is 0 Å². The third-order valence-corrected chi connectivity index (χ3v) is 3.63. The highest BCUT2D eigenvalue weighted by molar-refractivity contribution is 5.79. The quantitative estimate of drug-likeness (QED) is 0.660. The molecule has 0 aliphatic heterocycles. The maximum atomic E-state index is 11.2. The summed E-state index contributed by atoms with van der Waals surface area (Å²) < 4.78 is 5.76. The molecule has 23 heavy (non-hydrogen) atoms. The van der Waals surface area contributed by atoms with Crippen LogP contribution in [0.15, 0.2) is 65.5 Å². The topological polar surface area (TPSA) is 54.1 Å². The van der Waals surface area contributed by atoms with Gasteiger partial charge in [0.05, 0.1) is 6.61 Å². The van der Waals surface area contributed by atoms with Gasteiger partial charge in [-0.1, -0.05) is 30.3 Å². The van der Waals surface area contributed by atoms with Crippen molar-refractivity contribution >= 4 is 10.9 Å². The lowest BCUT2D eigenvalue weighted by atomic mass is 10.2. The number of aromatic nitrogens is 1. The molecule has 3 rings (SSSR count). The third-order valence-electron chi connectivity index (χ3n) is 3.63. The van der Waals surface area contributed by atoms with E-state index >= 15 is 0 Å². The second kappa shape index (κ2) is 7.61. The van der Waals surface area contributed by atoms with E-state index in [0.29, 0.717) is 6.61 Å². The van der Waals surface area contributed by atoms with Crippen LogP contribution < -0.4 is 15.6 Å². The third kappa shape index (κ3) is 4.44. The van der Waals surface area contributed by atoms with Crippen molar-refractivity contribution in [1.82, 2.24) is 10.3 Å². The van der Waals surface area contributed by atoms with Crippen LogP contribution >= 0.6 is 0 Å². The molecule has 0 aliphatic carbocycles. The van der Waals surface area contributed by atoms with E-state index in [1.54, 1.807) is 0 Å². The zero-order valence-electron chi connectivity index (χ0n) is 12.9. The summed E-state index contributed by atoms with van der Waals surface area (Å²) in [6, 6.07) is 19.4. The number of pyridine rings is 1. The highest BCUT2D eigenvalue weighted by Gasteiger charge is 1.98. The van der Waals surface area contributed by atoms with Crippen LogP contribution in [-0.4, -0.2) is 18.1 Å². The average molecular weight is 308 g/mol. The zero-order chi connectivity index (χ0) is 15.9. The summed E-state index contributed by atoms with van der Waals surface area (Å²) in [4.78, 5) is 14.0. The molecule has 0 spiro atoms. The first kappa shape index (κ1) is 15.3. The molecule has 3 aromatic rings. The molecule has 0 fully saturated rings. The molecule has 2 N–H and O–H groups in total. The molecule has 2 aromatic carbocycles. The normalized spacial score (nSPS) is 10.8. The van der Waals surface area contributed by atoms with Gasteiger partial charge in [-0.25, -0.2) is 0 Å². The number of benzene rings is 2. The Morgan fingerprint density at radius 2 is 1.87 bits per heavy atom. The molecule has 1 aromatic heterocycles. The number of hydrogen-bond donors (Lipinski definition) is 2. The molecule has 4 heteroatoms. The highest BCUT2D eigenvalue weighted by Crippen LogP contribution is 2.18. The van der Waals surface area contributed by atoms with Crippen molar-refractivity contribution in [2.75, 3.05) is 13.2 Å².